The molecular weight excluding hydrogens is 352 g/mol. The van der Waals surface area contributed by atoms with Crippen molar-refractivity contribution in [3.63, 3.8) is 0 Å². The average molecular weight is 374 g/mol. The maximum atomic E-state index is 6.24. The number of hydrogen-bond acceptors (Lipinski definition) is 6. The van der Waals surface area contributed by atoms with Crippen molar-refractivity contribution < 1.29 is 4.74 Å². The van der Waals surface area contributed by atoms with Crippen LogP contribution in [0.25, 0.3) is 22.3 Å². The Hall–Kier alpha value is -3.61. The van der Waals surface area contributed by atoms with Gasteiger partial charge in [-0.1, -0.05) is 42.5 Å². The summed E-state index contributed by atoms with van der Waals surface area (Å²) in [5.41, 5.74) is 9.70. The Morgan fingerprint density at radius 3 is 2.68 bits per heavy atom. The quantitative estimate of drug-likeness (QED) is 0.538. The van der Waals surface area contributed by atoms with Crippen LogP contribution in [0.3, 0.4) is 0 Å². The summed E-state index contributed by atoms with van der Waals surface area (Å²) in [6.07, 6.45) is 0.876. The van der Waals surface area contributed by atoms with Gasteiger partial charge < -0.3 is 15.8 Å². The molecule has 0 aliphatic heterocycles. The lowest BCUT2D eigenvalue weighted by Gasteiger charge is -2.09. The van der Waals surface area contributed by atoms with Crippen LogP contribution in [0, 0.1) is 0 Å². The number of nitrogens with two attached hydrogens (primary N) is 1. The first-order chi connectivity index (χ1) is 13.7. The molecule has 4 rings (SSSR count). The van der Waals surface area contributed by atoms with E-state index in [0.717, 1.165) is 35.4 Å². The Kier molecular flexibility index (Phi) is 4.80. The minimum atomic E-state index is 0.527. The molecule has 0 aliphatic carbocycles. The number of rotatable bonds is 6. The normalized spacial score (nSPS) is 10.9. The summed E-state index contributed by atoms with van der Waals surface area (Å²) in [6.45, 7) is 0.718. The van der Waals surface area contributed by atoms with Crippen LogP contribution >= 0.6 is 0 Å². The number of aryl methyl sites for hydroxylation is 1. The van der Waals surface area contributed by atoms with Gasteiger partial charge >= 0.3 is 0 Å². The van der Waals surface area contributed by atoms with Gasteiger partial charge in [0.1, 0.15) is 11.6 Å². The topological polar surface area (TPSA) is 90.9 Å². The van der Waals surface area contributed by atoms with E-state index in [1.807, 2.05) is 42.5 Å². The number of aromatic nitrogens is 4. The summed E-state index contributed by atoms with van der Waals surface area (Å²) < 4.78 is 6.98. The summed E-state index contributed by atoms with van der Waals surface area (Å²) in [5, 5.41) is 8.49. The van der Waals surface area contributed by atoms with Gasteiger partial charge in [0.2, 0.25) is 5.95 Å². The molecule has 0 bridgehead atoms. The summed E-state index contributed by atoms with van der Waals surface area (Å²) in [5.74, 6) is 1.81. The average Bonchev–Trinajstić information content (AvgIpc) is 3.02. The first-order valence-corrected chi connectivity index (χ1v) is 9.08. The van der Waals surface area contributed by atoms with E-state index >= 15 is 0 Å². The standard InChI is InChI=1S/C21H22N6O/c1-27-19(22)17-18(15-9-6-10-16(13-15)28-2)24-21(25-20(17)26-27)23-12-11-14-7-4-3-5-8-14/h3-10,13H,11-12,22H2,1-2H3,(H,23,25,26). The highest BCUT2D eigenvalue weighted by Gasteiger charge is 2.17. The number of nitrogen functional groups attached to an aromatic ring is 1. The van der Waals surface area contributed by atoms with Crippen LogP contribution in [0.5, 0.6) is 5.75 Å². The highest BCUT2D eigenvalue weighted by atomic mass is 16.5. The molecule has 0 aliphatic rings. The number of methoxy groups -OCH3 is 1. The van der Waals surface area contributed by atoms with Gasteiger partial charge in [-0.3, -0.25) is 4.68 Å². The summed E-state index contributed by atoms with van der Waals surface area (Å²) in [4.78, 5) is 9.29. The number of nitrogens with one attached hydrogen (secondary N) is 1. The minimum absolute atomic E-state index is 0.527. The van der Waals surface area contributed by atoms with Crippen LogP contribution in [0.1, 0.15) is 5.56 Å². The zero-order chi connectivity index (χ0) is 19.5. The van der Waals surface area contributed by atoms with Gasteiger partial charge in [-0.2, -0.15) is 10.1 Å². The van der Waals surface area contributed by atoms with Gasteiger partial charge in [0.05, 0.1) is 18.2 Å². The fraction of sp³-hybridized carbons (Fsp3) is 0.190. The smallest absolute Gasteiger partial charge is 0.225 e. The number of benzene rings is 2. The molecule has 2 heterocycles. The molecule has 0 saturated carbocycles. The molecule has 7 nitrogen and oxygen atoms in total. The van der Waals surface area contributed by atoms with Crippen LogP contribution in [0.2, 0.25) is 0 Å². The lowest BCUT2D eigenvalue weighted by molar-refractivity contribution is 0.415. The van der Waals surface area contributed by atoms with Crippen molar-refractivity contribution >= 4 is 22.8 Å². The summed E-state index contributed by atoms with van der Waals surface area (Å²) in [6, 6.07) is 18.0. The van der Waals surface area contributed by atoms with Gasteiger partial charge in [-0.25, -0.2) is 4.98 Å². The van der Waals surface area contributed by atoms with E-state index in [0.29, 0.717) is 17.4 Å². The second kappa shape index (κ2) is 7.56. The molecule has 0 saturated heterocycles. The zero-order valence-corrected chi connectivity index (χ0v) is 15.9. The fourth-order valence-corrected chi connectivity index (χ4v) is 3.14. The number of hydrogen-bond donors (Lipinski definition) is 2. The van der Waals surface area contributed by atoms with Crippen molar-refractivity contribution in [3.05, 3.63) is 60.2 Å². The van der Waals surface area contributed by atoms with E-state index in [4.69, 9.17) is 15.5 Å². The van der Waals surface area contributed by atoms with Crippen LogP contribution in [-0.4, -0.2) is 33.4 Å². The first-order valence-electron chi connectivity index (χ1n) is 9.08. The summed E-state index contributed by atoms with van der Waals surface area (Å²) >= 11 is 0. The van der Waals surface area contributed by atoms with Gasteiger partial charge in [0.25, 0.3) is 0 Å². The fourth-order valence-electron chi connectivity index (χ4n) is 3.14. The highest BCUT2D eigenvalue weighted by molar-refractivity contribution is 5.99. The molecule has 28 heavy (non-hydrogen) atoms. The third-order valence-corrected chi connectivity index (χ3v) is 4.62. The molecule has 0 atom stereocenters. The van der Waals surface area contributed by atoms with Crippen LogP contribution < -0.4 is 15.8 Å². The molecule has 3 N–H and O–H groups in total. The molecule has 142 valence electrons. The maximum Gasteiger partial charge on any atom is 0.225 e. The van der Waals surface area contributed by atoms with Crippen molar-refractivity contribution in [1.82, 2.24) is 19.7 Å². The molecule has 2 aromatic heterocycles. The largest absolute Gasteiger partial charge is 0.497 e. The molecule has 0 unspecified atom stereocenters. The predicted molar refractivity (Wildman–Crippen MR) is 111 cm³/mol. The third kappa shape index (κ3) is 3.46. The van der Waals surface area contributed by atoms with E-state index in [1.54, 1.807) is 18.8 Å². The minimum Gasteiger partial charge on any atom is -0.497 e. The predicted octanol–water partition coefficient (Wildman–Crippen LogP) is 3.28. The van der Waals surface area contributed by atoms with E-state index in [9.17, 15) is 0 Å². The molecule has 0 radical (unpaired) electrons. The van der Waals surface area contributed by atoms with E-state index < -0.39 is 0 Å². The monoisotopic (exact) mass is 374 g/mol. The van der Waals surface area contributed by atoms with Crippen LogP contribution in [0.4, 0.5) is 11.8 Å². The molecule has 4 aromatic rings. The van der Waals surface area contributed by atoms with E-state index in [2.05, 4.69) is 27.5 Å². The molecule has 0 spiro atoms. The van der Waals surface area contributed by atoms with Gasteiger partial charge in [-0.05, 0) is 24.1 Å². The van der Waals surface area contributed by atoms with Gasteiger partial charge in [0, 0.05) is 19.2 Å². The molecule has 2 aromatic carbocycles. The Morgan fingerprint density at radius 1 is 1.07 bits per heavy atom. The maximum absolute atomic E-state index is 6.24. The summed E-state index contributed by atoms with van der Waals surface area (Å²) in [7, 11) is 3.44. The number of anilines is 2. The van der Waals surface area contributed by atoms with Crippen molar-refractivity contribution in [2.24, 2.45) is 7.05 Å². The van der Waals surface area contributed by atoms with Crippen molar-refractivity contribution in [2.45, 2.75) is 6.42 Å². The zero-order valence-electron chi connectivity index (χ0n) is 15.9. The Labute approximate surface area is 163 Å². The molecule has 0 fully saturated rings. The van der Waals surface area contributed by atoms with Gasteiger partial charge in [0.15, 0.2) is 5.65 Å². The second-order valence-electron chi connectivity index (χ2n) is 6.50. The highest BCUT2D eigenvalue weighted by Crippen LogP contribution is 2.32. The lowest BCUT2D eigenvalue weighted by atomic mass is 10.1. The van der Waals surface area contributed by atoms with E-state index in [1.165, 1.54) is 5.56 Å². The van der Waals surface area contributed by atoms with Gasteiger partial charge in [-0.15, -0.1) is 0 Å². The first kappa shape index (κ1) is 17.8. The van der Waals surface area contributed by atoms with E-state index in [-0.39, 0.29) is 0 Å². The Balaban J connectivity index is 1.70. The molecule has 0 amide bonds. The SMILES string of the molecule is COc1cccc(-c2nc(NCCc3ccccc3)nc3nn(C)c(N)c23)c1. The number of fused-ring (bicyclic) bond motifs is 1. The lowest BCUT2D eigenvalue weighted by Crippen LogP contribution is -2.08. The Morgan fingerprint density at radius 2 is 1.89 bits per heavy atom. The van der Waals surface area contributed by atoms with Crippen LogP contribution in [0.15, 0.2) is 54.6 Å². The van der Waals surface area contributed by atoms with Crippen LogP contribution in [-0.2, 0) is 13.5 Å². The van der Waals surface area contributed by atoms with Crippen molar-refractivity contribution in [3.8, 4) is 17.0 Å². The second-order valence-corrected chi connectivity index (χ2v) is 6.50. The number of nitrogens with zero attached hydrogens (tertiary/aromatic N) is 4. The third-order valence-electron chi connectivity index (χ3n) is 4.62. The van der Waals surface area contributed by atoms with Crippen molar-refractivity contribution in [1.29, 1.82) is 0 Å². The van der Waals surface area contributed by atoms with Crippen molar-refractivity contribution in [2.75, 3.05) is 24.7 Å². The number of ether oxygens (including phenoxy) is 1. The molecular formula is C21H22N6O. The Bertz CT molecular complexity index is 1110. The molecule has 7 heteroatoms.